The second kappa shape index (κ2) is 18.4. The summed E-state index contributed by atoms with van der Waals surface area (Å²) in [5.41, 5.74) is -0.908. The Kier molecular flexibility index (Phi) is 15.8. The van der Waals surface area contributed by atoms with E-state index in [0.717, 1.165) is 0 Å². The number of amides is 5. The topological polar surface area (TPSA) is 220 Å². The Morgan fingerprint density at radius 3 is 1.85 bits per heavy atom. The molecule has 1 aromatic carbocycles. The monoisotopic (exact) mass is 653 g/mol. The van der Waals surface area contributed by atoms with Gasteiger partial charge in [0.05, 0.1) is 12.6 Å². The summed E-state index contributed by atoms with van der Waals surface area (Å²) in [6.07, 6.45) is -3.69. The van der Waals surface area contributed by atoms with Gasteiger partial charge in [-0.3, -0.25) is 9.59 Å². The minimum absolute atomic E-state index is 0.0865. The molecular formula is C30H47N5O11. The molecule has 0 saturated carbocycles. The van der Waals surface area contributed by atoms with E-state index in [2.05, 4.69) is 26.6 Å². The number of carboxylic acids is 1. The molecule has 0 saturated heterocycles. The summed E-state index contributed by atoms with van der Waals surface area (Å²) in [4.78, 5) is 75.2. The predicted molar refractivity (Wildman–Crippen MR) is 165 cm³/mol. The van der Waals surface area contributed by atoms with Gasteiger partial charge in [-0.1, -0.05) is 30.3 Å². The van der Waals surface area contributed by atoms with Crippen LogP contribution in [0.25, 0.3) is 0 Å². The lowest BCUT2D eigenvalue weighted by Gasteiger charge is -2.27. The number of alkyl carbamates (subject to hydrolysis) is 3. The van der Waals surface area contributed by atoms with E-state index in [1.807, 2.05) is 0 Å². The standard InChI is InChI=1S/C30H47N5O11/c1-18(43-8)22(24(37)33-21(25(38)39)16-32-27(41)46-30(5,6)7)35-23(36)20(14-15-31-26(40)45-29(2,3)4)34-28(42)44-17-19-12-10-9-11-13-19/h9-13,18,20-22H,14-17H2,1-8H3,(H,31,40)(H,32,41)(H,33,37)(H,34,42)(H,35,36)(H,38,39)/t18?,20-,21-,22?/m0/s1. The van der Waals surface area contributed by atoms with Crippen molar-refractivity contribution in [3.63, 3.8) is 0 Å². The van der Waals surface area contributed by atoms with Crippen LogP contribution >= 0.6 is 0 Å². The number of carbonyl (C=O) groups excluding carboxylic acids is 5. The van der Waals surface area contributed by atoms with Crippen LogP contribution in [-0.2, 0) is 39.9 Å². The van der Waals surface area contributed by atoms with Gasteiger partial charge in [-0.15, -0.1) is 0 Å². The number of carboxylic acid groups (broad SMARTS) is 1. The van der Waals surface area contributed by atoms with Crippen molar-refractivity contribution in [2.45, 2.75) is 96.9 Å². The molecule has 4 atom stereocenters. The molecule has 258 valence electrons. The van der Waals surface area contributed by atoms with Crippen molar-refractivity contribution in [2.24, 2.45) is 0 Å². The average Bonchev–Trinajstić information content (AvgIpc) is 2.94. The molecule has 6 N–H and O–H groups in total. The molecule has 0 spiro atoms. The maximum atomic E-state index is 13.4. The highest BCUT2D eigenvalue weighted by Crippen LogP contribution is 2.08. The van der Waals surface area contributed by atoms with E-state index in [1.165, 1.54) is 14.0 Å². The fraction of sp³-hybridized carbons (Fsp3) is 0.600. The Bertz CT molecular complexity index is 1180. The normalized spacial score (nSPS) is 13.9. The van der Waals surface area contributed by atoms with Crippen LogP contribution in [0.2, 0.25) is 0 Å². The van der Waals surface area contributed by atoms with Crippen molar-refractivity contribution >= 4 is 36.1 Å². The van der Waals surface area contributed by atoms with E-state index in [4.69, 9.17) is 18.9 Å². The average molecular weight is 654 g/mol. The SMILES string of the molecule is COC(C)C(NC(=O)[C@H](CCNC(=O)OC(C)(C)C)NC(=O)OCc1ccccc1)C(=O)N[C@@H](CNC(=O)OC(C)(C)C)C(=O)O. The third kappa shape index (κ3) is 16.5. The molecule has 0 aliphatic heterocycles. The number of carbonyl (C=O) groups is 6. The van der Waals surface area contributed by atoms with Crippen molar-refractivity contribution in [3.05, 3.63) is 35.9 Å². The number of methoxy groups -OCH3 is 1. The van der Waals surface area contributed by atoms with Gasteiger partial charge in [-0.25, -0.2) is 19.2 Å². The van der Waals surface area contributed by atoms with Crippen LogP contribution in [0.3, 0.4) is 0 Å². The number of benzene rings is 1. The van der Waals surface area contributed by atoms with Crippen LogP contribution in [0.1, 0.15) is 60.5 Å². The van der Waals surface area contributed by atoms with E-state index >= 15 is 0 Å². The first-order valence-electron chi connectivity index (χ1n) is 14.6. The Morgan fingerprint density at radius 1 is 0.761 bits per heavy atom. The Hall–Kier alpha value is -4.60. The van der Waals surface area contributed by atoms with E-state index in [-0.39, 0.29) is 19.6 Å². The van der Waals surface area contributed by atoms with E-state index < -0.39 is 78.0 Å². The van der Waals surface area contributed by atoms with Crippen LogP contribution in [0.4, 0.5) is 14.4 Å². The van der Waals surface area contributed by atoms with Gasteiger partial charge < -0.3 is 50.6 Å². The smallest absolute Gasteiger partial charge is 0.408 e. The van der Waals surface area contributed by atoms with E-state index in [9.17, 15) is 33.9 Å². The number of ether oxygens (including phenoxy) is 4. The third-order valence-electron chi connectivity index (χ3n) is 5.81. The van der Waals surface area contributed by atoms with Crippen molar-refractivity contribution in [1.82, 2.24) is 26.6 Å². The summed E-state index contributed by atoms with van der Waals surface area (Å²) in [7, 11) is 1.28. The van der Waals surface area contributed by atoms with Crippen molar-refractivity contribution < 1.29 is 52.8 Å². The van der Waals surface area contributed by atoms with Crippen molar-refractivity contribution in [1.29, 1.82) is 0 Å². The Labute approximate surface area is 268 Å². The number of aliphatic carboxylic acids is 1. The summed E-state index contributed by atoms with van der Waals surface area (Å²) >= 11 is 0. The second-order valence-corrected chi connectivity index (χ2v) is 12.2. The molecule has 0 aliphatic rings. The lowest BCUT2D eigenvalue weighted by Crippen LogP contribution is -2.60. The van der Waals surface area contributed by atoms with Gasteiger partial charge in [0.1, 0.15) is 35.9 Å². The molecule has 0 bridgehead atoms. The first-order chi connectivity index (χ1) is 21.3. The third-order valence-corrected chi connectivity index (χ3v) is 5.81. The Balaban J connectivity index is 3.04. The maximum absolute atomic E-state index is 13.4. The molecule has 1 rings (SSSR count). The number of hydrogen-bond donors (Lipinski definition) is 6. The van der Waals surface area contributed by atoms with Crippen LogP contribution in [-0.4, -0.2) is 96.8 Å². The van der Waals surface area contributed by atoms with Crippen molar-refractivity contribution in [3.8, 4) is 0 Å². The molecule has 0 fully saturated rings. The van der Waals surface area contributed by atoms with Gasteiger partial charge in [0.15, 0.2) is 0 Å². The van der Waals surface area contributed by atoms with Gasteiger partial charge >= 0.3 is 24.2 Å². The van der Waals surface area contributed by atoms with Gasteiger partial charge in [0.25, 0.3) is 0 Å². The van der Waals surface area contributed by atoms with Gasteiger partial charge in [0, 0.05) is 13.7 Å². The van der Waals surface area contributed by atoms with E-state index in [1.54, 1.807) is 71.9 Å². The quantitative estimate of drug-likeness (QED) is 0.150. The highest BCUT2D eigenvalue weighted by molar-refractivity contribution is 5.93. The molecule has 46 heavy (non-hydrogen) atoms. The lowest BCUT2D eigenvalue weighted by atomic mass is 10.1. The molecule has 16 heteroatoms. The van der Waals surface area contributed by atoms with Crippen LogP contribution < -0.4 is 26.6 Å². The van der Waals surface area contributed by atoms with Crippen LogP contribution in [0.5, 0.6) is 0 Å². The fourth-order valence-electron chi connectivity index (χ4n) is 3.56. The summed E-state index contributed by atoms with van der Waals surface area (Å²) in [5, 5.41) is 21.6. The van der Waals surface area contributed by atoms with Gasteiger partial charge in [-0.2, -0.15) is 0 Å². The van der Waals surface area contributed by atoms with Crippen LogP contribution in [0, 0.1) is 0 Å². The molecule has 5 amide bonds. The fourth-order valence-corrected chi connectivity index (χ4v) is 3.56. The first kappa shape index (κ1) is 39.4. The molecule has 2 unspecified atom stereocenters. The molecule has 1 aromatic rings. The molecule has 0 aromatic heterocycles. The van der Waals surface area contributed by atoms with Crippen LogP contribution in [0.15, 0.2) is 30.3 Å². The highest BCUT2D eigenvalue weighted by atomic mass is 16.6. The lowest BCUT2D eigenvalue weighted by molar-refractivity contribution is -0.143. The number of nitrogens with one attached hydrogen (secondary N) is 5. The van der Waals surface area contributed by atoms with Gasteiger partial charge in [-0.05, 0) is 60.5 Å². The molecule has 0 radical (unpaired) electrons. The maximum Gasteiger partial charge on any atom is 0.408 e. The van der Waals surface area contributed by atoms with Gasteiger partial charge in [0.2, 0.25) is 11.8 Å². The summed E-state index contributed by atoms with van der Waals surface area (Å²) < 4.78 is 20.7. The van der Waals surface area contributed by atoms with E-state index in [0.29, 0.717) is 5.56 Å². The molecular weight excluding hydrogens is 606 g/mol. The first-order valence-corrected chi connectivity index (χ1v) is 14.6. The molecule has 0 heterocycles. The summed E-state index contributed by atoms with van der Waals surface area (Å²) in [5.74, 6) is -3.27. The Morgan fingerprint density at radius 2 is 1.33 bits per heavy atom. The number of hydrogen-bond acceptors (Lipinski definition) is 10. The minimum Gasteiger partial charge on any atom is -0.480 e. The highest BCUT2D eigenvalue weighted by Gasteiger charge is 2.33. The molecule has 16 nitrogen and oxygen atoms in total. The zero-order valence-electron chi connectivity index (χ0n) is 27.6. The number of rotatable bonds is 15. The summed E-state index contributed by atoms with van der Waals surface area (Å²) in [6.45, 7) is 10.7. The predicted octanol–water partition coefficient (Wildman–Crippen LogP) is 1.81. The summed E-state index contributed by atoms with van der Waals surface area (Å²) in [6, 6.07) is 4.45. The zero-order valence-corrected chi connectivity index (χ0v) is 27.6. The minimum atomic E-state index is -1.59. The second-order valence-electron chi connectivity index (χ2n) is 12.2. The molecule has 0 aliphatic carbocycles. The largest absolute Gasteiger partial charge is 0.480 e. The van der Waals surface area contributed by atoms with Crippen molar-refractivity contribution in [2.75, 3.05) is 20.2 Å². The zero-order chi connectivity index (χ0) is 35.1.